The van der Waals surface area contributed by atoms with Gasteiger partial charge in [-0.25, -0.2) is 42.8 Å². The lowest BCUT2D eigenvalue weighted by Gasteiger charge is -2.13. The molecule has 0 fully saturated rings. The van der Waals surface area contributed by atoms with E-state index in [-0.39, 0.29) is 16.7 Å². The summed E-state index contributed by atoms with van der Waals surface area (Å²) in [6, 6.07) is 60.4. The van der Waals surface area contributed by atoms with Crippen LogP contribution in [0.4, 0.5) is 0 Å². The number of fused-ring (bicyclic) bond motifs is 15. The lowest BCUT2D eigenvalue weighted by atomic mass is 9.93. The van der Waals surface area contributed by atoms with Crippen LogP contribution in [0.2, 0.25) is 0 Å². The highest BCUT2D eigenvalue weighted by Gasteiger charge is 2.29. The van der Waals surface area contributed by atoms with E-state index in [4.69, 9.17) is 35.8 Å². The lowest BCUT2D eigenvalue weighted by Crippen LogP contribution is -2.32. The number of aryl methyl sites for hydroxylation is 15. The van der Waals surface area contributed by atoms with Crippen molar-refractivity contribution in [1.82, 2.24) is 19.9 Å². The standard InChI is InChI=1S/C24H26NO.C21H21N2O.C20H19N2O.C19H17N2O.C18H15N2O/c1-14(2)19-12-20(25(6)13-17(19)5)23-16(4)11-15(3)22-18-9-7-8-10-21(18)26-24(22)23;1-13(2)15-9-11-23(4)18(12-15)19-14(3)7-8-16-17-6-5-10-22-21(17)24-20(16)19;1-12-7-8-15-16-6-5-9-21-20(16)23-19(15)18(12)17-10-13(2)14(3)11-22(17)4;1-12-6-9-16(21(3)11-12)17-13(2)7-8-14-15-5-4-10-20-19(15)22-18(14)17;1-12-8-9-13-14-6-5-10-19-18(14)21-17(13)16(12)15-7-3-4-11-20(15)2/h7-14H,1-6H3;5-13H,1-4H3;5-11H,1-4H3;4-11H,1-3H3;3-11H,1-2H3/q5*+1/i1D3,3D3,5D3,14D;;;;. The molecule has 0 saturated carbocycles. The fourth-order valence-electron chi connectivity index (χ4n) is 16.0. The highest BCUT2D eigenvalue weighted by Crippen LogP contribution is 2.43. The summed E-state index contributed by atoms with van der Waals surface area (Å²) < 4.78 is 121. The summed E-state index contributed by atoms with van der Waals surface area (Å²) in [5.74, 6) is -1.74. The summed E-state index contributed by atoms with van der Waals surface area (Å²) in [5, 5.41) is 9.76. The van der Waals surface area contributed by atoms with Crippen LogP contribution in [-0.2, 0) is 35.2 Å². The fraction of sp³-hybridized carbons (Fsp3) is 0.206. The molecule has 1 unspecified atom stereocenters. The summed E-state index contributed by atoms with van der Waals surface area (Å²) >= 11 is 0. The third-order valence-electron chi connectivity index (χ3n) is 22.2. The zero-order valence-corrected chi connectivity index (χ0v) is 68.2. The lowest BCUT2D eigenvalue weighted by molar-refractivity contribution is -0.660. The van der Waals surface area contributed by atoms with Crippen LogP contribution in [0, 0.1) is 69.1 Å². The van der Waals surface area contributed by atoms with E-state index in [0.717, 1.165) is 105 Å². The molecule has 0 N–H and O–H groups in total. The van der Waals surface area contributed by atoms with E-state index in [1.165, 1.54) is 69.4 Å². The number of rotatable bonds is 7. The first-order valence-corrected chi connectivity index (χ1v) is 38.8. The molecule has 0 aliphatic rings. The highest BCUT2D eigenvalue weighted by molar-refractivity contribution is 6.14. The van der Waals surface area contributed by atoms with Crippen LogP contribution in [0.25, 0.3) is 167 Å². The molecule has 14 heteroatoms. The minimum absolute atomic E-state index is 0.124. The Hall–Kier alpha value is -13.3. The SMILES string of the molecule is Cc1cc(-c2c(C)ccc3c2oc2ncccc23)[n+](C)cc1C.Cc1ccc(-c2c(C)ccc3c2oc2ncccc23)[n+](C)c1.Cc1ccc2c(oc3ncccc32)c1-c1cc(C(C)C)cc[n+]1C.Cc1ccc2c(oc3ncccc32)c1-c1cccc[n+]1C.[2H]C([2H])([2H])c1c[n+](C)c(-c2c(C)cc(C([2H])([2H])[2H])c3c2oc2ccccc23)cc1C([2H])(C)C([2H])([2H])[2H]. The van der Waals surface area contributed by atoms with Gasteiger partial charge in [0, 0.05) is 152 Å². The van der Waals surface area contributed by atoms with Gasteiger partial charge in [-0.1, -0.05) is 100 Å². The largest absolute Gasteiger partial charge is 0.455 e. The maximum absolute atomic E-state index is 8.67. The van der Waals surface area contributed by atoms with E-state index in [9.17, 15) is 0 Å². The molecule has 0 saturated heterocycles. The van der Waals surface area contributed by atoms with Crippen molar-refractivity contribution >= 4 is 110 Å². The Labute approximate surface area is 689 Å². The average molecular weight is 1540 g/mol. The number of furan rings is 5. The maximum atomic E-state index is 8.67. The Morgan fingerprint density at radius 3 is 1.22 bits per heavy atom. The topological polar surface area (TPSA) is 137 Å². The molecule has 0 radical (unpaired) electrons. The van der Waals surface area contributed by atoms with Crippen LogP contribution >= 0.6 is 0 Å². The summed E-state index contributed by atoms with van der Waals surface area (Å²) in [4.78, 5) is 17.4. The van der Waals surface area contributed by atoms with Crippen molar-refractivity contribution < 1.29 is 58.6 Å². The Kier molecular flexibility index (Phi) is 17.5. The van der Waals surface area contributed by atoms with Crippen molar-refractivity contribution in [2.75, 3.05) is 0 Å². The Morgan fingerprint density at radius 1 is 0.319 bits per heavy atom. The molecule has 14 aromatic heterocycles. The number of aromatic nitrogens is 9. The number of nitrogens with zero attached hydrogens (tertiary/aromatic N) is 9. The van der Waals surface area contributed by atoms with Crippen LogP contribution in [0.1, 0.15) is 120 Å². The molecule has 0 bridgehead atoms. The first-order chi connectivity index (χ1) is 59.9. The summed E-state index contributed by atoms with van der Waals surface area (Å²) in [6.45, 7) is 14.3. The first-order valence-electron chi connectivity index (χ1n) is 43.8. The van der Waals surface area contributed by atoms with Crippen LogP contribution in [0.15, 0.2) is 260 Å². The summed E-state index contributed by atoms with van der Waals surface area (Å²) in [5.41, 5.74) is 27.5. The van der Waals surface area contributed by atoms with Crippen LogP contribution in [0.3, 0.4) is 0 Å². The molecule has 1 atom stereocenters. The number of pyridine rings is 9. The number of para-hydroxylation sites is 1. The molecule has 6 aromatic carbocycles. The van der Waals surface area contributed by atoms with Gasteiger partial charge >= 0.3 is 0 Å². The van der Waals surface area contributed by atoms with E-state index in [1.54, 1.807) is 73.7 Å². The second-order valence-electron chi connectivity index (χ2n) is 30.7. The summed E-state index contributed by atoms with van der Waals surface area (Å²) in [7, 11) is 9.91. The van der Waals surface area contributed by atoms with Crippen LogP contribution in [-0.4, -0.2) is 19.9 Å². The van der Waals surface area contributed by atoms with Gasteiger partial charge in [-0.05, 0) is 198 Å². The van der Waals surface area contributed by atoms with E-state index < -0.39 is 26.4 Å². The second kappa shape index (κ2) is 31.2. The summed E-state index contributed by atoms with van der Waals surface area (Å²) in [6.07, 6.45) is 16.9. The van der Waals surface area contributed by atoms with E-state index in [2.05, 4.69) is 269 Å². The van der Waals surface area contributed by atoms with Gasteiger partial charge in [-0.15, -0.1) is 0 Å². The Balaban J connectivity index is 0.000000118. The van der Waals surface area contributed by atoms with E-state index in [1.807, 2.05) is 30.3 Å². The molecule has 14 nitrogen and oxygen atoms in total. The van der Waals surface area contributed by atoms with Gasteiger partial charge in [0.05, 0.1) is 27.8 Å². The molecule has 116 heavy (non-hydrogen) atoms. The predicted octanol–water partition coefficient (Wildman–Crippen LogP) is 23.3. The van der Waals surface area contributed by atoms with Gasteiger partial charge in [0.15, 0.2) is 53.3 Å². The average Bonchev–Trinajstić information content (AvgIpc) is 1.38. The Morgan fingerprint density at radius 2 is 0.741 bits per heavy atom. The van der Waals surface area contributed by atoms with Crippen LogP contribution in [0.5, 0.6) is 0 Å². The quantitative estimate of drug-likeness (QED) is 0.143. The normalized spacial score (nSPS) is 13.7. The van der Waals surface area contributed by atoms with Gasteiger partial charge in [0.2, 0.25) is 51.3 Å². The molecular formula is C102H98N9O5+5. The van der Waals surface area contributed by atoms with Gasteiger partial charge in [-0.3, -0.25) is 0 Å². The molecule has 576 valence electrons. The van der Waals surface area contributed by atoms with E-state index >= 15 is 0 Å². The van der Waals surface area contributed by atoms with Gasteiger partial charge in [0.1, 0.15) is 46.4 Å². The van der Waals surface area contributed by atoms with Crippen molar-refractivity contribution in [3.63, 3.8) is 0 Å². The van der Waals surface area contributed by atoms with Gasteiger partial charge in [0.25, 0.3) is 0 Å². The monoisotopic (exact) mass is 1540 g/mol. The van der Waals surface area contributed by atoms with Crippen molar-refractivity contribution in [1.29, 1.82) is 0 Å². The van der Waals surface area contributed by atoms with Crippen molar-refractivity contribution in [3.8, 4) is 56.3 Å². The minimum Gasteiger partial charge on any atom is -0.455 e. The number of hydrogen-bond acceptors (Lipinski definition) is 9. The second-order valence-corrected chi connectivity index (χ2v) is 30.7. The third-order valence-corrected chi connectivity index (χ3v) is 22.2. The fourth-order valence-corrected chi connectivity index (χ4v) is 16.0. The van der Waals surface area contributed by atoms with Gasteiger partial charge in [-0.2, -0.15) is 0 Å². The molecule has 14 heterocycles. The molecule has 0 aliphatic carbocycles. The molecule has 0 amide bonds. The number of benzene rings is 6. The van der Waals surface area contributed by atoms with E-state index in [0.29, 0.717) is 67.5 Å². The molecular weight excluding hydrogens is 1430 g/mol. The molecule has 20 aromatic rings. The third kappa shape index (κ3) is 14.1. The highest BCUT2D eigenvalue weighted by atomic mass is 16.4. The molecule has 0 aliphatic heterocycles. The smallest absolute Gasteiger partial charge is 0.227 e. The maximum Gasteiger partial charge on any atom is 0.227 e. The van der Waals surface area contributed by atoms with Crippen molar-refractivity contribution in [2.24, 2.45) is 35.2 Å². The minimum atomic E-state index is -2.81. The van der Waals surface area contributed by atoms with Gasteiger partial charge < -0.3 is 22.1 Å². The Bertz CT molecular complexity index is 7700. The molecule has 0 spiro atoms. The molecule has 20 rings (SSSR count). The first kappa shape index (κ1) is 65.1. The van der Waals surface area contributed by atoms with Crippen molar-refractivity contribution in [2.45, 2.75) is 109 Å². The van der Waals surface area contributed by atoms with Crippen molar-refractivity contribution in [3.05, 3.63) is 305 Å². The van der Waals surface area contributed by atoms with Crippen LogP contribution < -0.4 is 22.8 Å². The zero-order chi connectivity index (χ0) is 89.7. The zero-order valence-electron chi connectivity index (χ0n) is 78.2. The number of hydrogen-bond donors (Lipinski definition) is 0. The predicted molar refractivity (Wildman–Crippen MR) is 468 cm³/mol.